The standard InChI is InChI=1S/C30H45N5O2/c1-23(2)32-16-9-17-35(30(37)26-11-6-5-7-12-26)29-24(3)10-8-13-27(29)22-34(21-20-32)28(36)14-18-33-19-15-31-25(33)4/h8,10,13,15,19,23,26H,5-7,9,11-12,14,16-18,20-22H2,1-4H3. The van der Waals surface area contributed by atoms with E-state index in [2.05, 4.69) is 53.8 Å². The molecule has 2 aromatic rings. The zero-order valence-electron chi connectivity index (χ0n) is 23.3. The van der Waals surface area contributed by atoms with Crippen LogP contribution in [0.15, 0.2) is 30.6 Å². The molecule has 1 aromatic heterocycles. The summed E-state index contributed by atoms with van der Waals surface area (Å²) in [7, 11) is 0. The molecule has 2 heterocycles. The minimum absolute atomic E-state index is 0.115. The molecular formula is C30H45N5O2. The van der Waals surface area contributed by atoms with E-state index < -0.39 is 0 Å². The molecule has 0 N–H and O–H groups in total. The molecule has 202 valence electrons. The highest BCUT2D eigenvalue weighted by Crippen LogP contribution is 2.32. The molecule has 0 atom stereocenters. The molecule has 2 aliphatic rings. The van der Waals surface area contributed by atoms with Crippen LogP contribution < -0.4 is 4.90 Å². The van der Waals surface area contributed by atoms with Crippen molar-refractivity contribution in [1.82, 2.24) is 19.4 Å². The number of hydrogen-bond acceptors (Lipinski definition) is 4. The highest BCUT2D eigenvalue weighted by molar-refractivity contribution is 5.96. The number of aromatic nitrogens is 2. The second-order valence-electron chi connectivity index (χ2n) is 11.1. The van der Waals surface area contributed by atoms with Crippen molar-refractivity contribution in [2.45, 2.75) is 91.8 Å². The zero-order valence-corrected chi connectivity index (χ0v) is 23.3. The minimum Gasteiger partial charge on any atom is -0.337 e. The lowest BCUT2D eigenvalue weighted by Crippen LogP contribution is -2.42. The second kappa shape index (κ2) is 12.7. The van der Waals surface area contributed by atoms with Crippen molar-refractivity contribution in [2.24, 2.45) is 5.92 Å². The summed E-state index contributed by atoms with van der Waals surface area (Å²) in [4.78, 5) is 38.4. The number of carbonyl (C=O) groups is 2. The molecule has 1 aliphatic carbocycles. The Hall–Kier alpha value is -2.67. The maximum absolute atomic E-state index is 13.9. The number of nitrogens with zero attached hydrogens (tertiary/aromatic N) is 5. The van der Waals surface area contributed by atoms with E-state index in [1.165, 1.54) is 6.42 Å². The van der Waals surface area contributed by atoms with Crippen molar-refractivity contribution in [3.8, 4) is 0 Å². The summed E-state index contributed by atoms with van der Waals surface area (Å²) in [6.45, 7) is 12.8. The van der Waals surface area contributed by atoms with Gasteiger partial charge in [-0.25, -0.2) is 4.98 Å². The number of carbonyl (C=O) groups excluding carboxylic acids is 2. The van der Waals surface area contributed by atoms with Gasteiger partial charge >= 0.3 is 0 Å². The van der Waals surface area contributed by atoms with Crippen LogP contribution in [0.3, 0.4) is 0 Å². The summed E-state index contributed by atoms with van der Waals surface area (Å²) in [6.07, 6.45) is 10.6. The van der Waals surface area contributed by atoms with Gasteiger partial charge in [-0.1, -0.05) is 37.5 Å². The minimum atomic E-state index is 0.115. The molecule has 1 fully saturated rings. The van der Waals surface area contributed by atoms with E-state index in [-0.39, 0.29) is 17.7 Å². The van der Waals surface area contributed by atoms with Crippen LogP contribution in [-0.4, -0.2) is 63.4 Å². The number of rotatable bonds is 5. The van der Waals surface area contributed by atoms with Crippen LogP contribution in [0, 0.1) is 19.8 Å². The van der Waals surface area contributed by atoms with Gasteiger partial charge in [0, 0.05) is 70.0 Å². The van der Waals surface area contributed by atoms with E-state index in [1.807, 2.05) is 22.6 Å². The Bertz CT molecular complexity index is 1060. The fraction of sp³-hybridized carbons (Fsp3) is 0.633. The maximum Gasteiger partial charge on any atom is 0.230 e. The molecule has 1 aliphatic heterocycles. The molecule has 1 aromatic carbocycles. The fourth-order valence-corrected chi connectivity index (χ4v) is 5.96. The summed E-state index contributed by atoms with van der Waals surface area (Å²) >= 11 is 0. The predicted octanol–water partition coefficient (Wildman–Crippen LogP) is 4.95. The lowest BCUT2D eigenvalue weighted by atomic mass is 9.87. The molecule has 0 radical (unpaired) electrons. The molecule has 7 nitrogen and oxygen atoms in total. The molecule has 0 saturated heterocycles. The Morgan fingerprint density at radius 2 is 1.78 bits per heavy atom. The topological polar surface area (TPSA) is 61.7 Å². The van der Waals surface area contributed by atoms with Gasteiger partial charge in [-0.15, -0.1) is 0 Å². The normalized spacial score (nSPS) is 18.5. The van der Waals surface area contributed by atoms with Gasteiger partial charge in [0.1, 0.15) is 5.82 Å². The van der Waals surface area contributed by atoms with Gasteiger partial charge in [-0.05, 0) is 58.1 Å². The summed E-state index contributed by atoms with van der Waals surface area (Å²) in [5.74, 6) is 1.46. The van der Waals surface area contributed by atoms with Crippen molar-refractivity contribution in [3.05, 3.63) is 47.5 Å². The number of amides is 2. The van der Waals surface area contributed by atoms with E-state index in [4.69, 9.17) is 0 Å². The second-order valence-corrected chi connectivity index (χ2v) is 11.1. The first-order valence-electron chi connectivity index (χ1n) is 14.2. The zero-order chi connectivity index (χ0) is 26.4. The fourth-order valence-electron chi connectivity index (χ4n) is 5.96. The highest BCUT2D eigenvalue weighted by Gasteiger charge is 2.30. The van der Waals surface area contributed by atoms with Crippen molar-refractivity contribution >= 4 is 17.5 Å². The van der Waals surface area contributed by atoms with Gasteiger partial charge in [0.25, 0.3) is 0 Å². The predicted molar refractivity (Wildman–Crippen MR) is 148 cm³/mol. The van der Waals surface area contributed by atoms with Gasteiger partial charge in [-0.2, -0.15) is 0 Å². The summed E-state index contributed by atoms with van der Waals surface area (Å²) in [5, 5.41) is 0. The molecule has 7 heteroatoms. The van der Waals surface area contributed by atoms with Crippen molar-refractivity contribution in [2.75, 3.05) is 31.1 Å². The molecule has 4 rings (SSSR count). The average Bonchev–Trinajstić information content (AvgIpc) is 3.29. The van der Waals surface area contributed by atoms with Crippen LogP contribution in [0.5, 0.6) is 0 Å². The SMILES string of the molecule is Cc1cccc2c1N(C(=O)C1CCCCC1)CCCN(C(C)C)CCN(C(=O)CCn1ccnc1C)C2. The third-order valence-corrected chi connectivity index (χ3v) is 8.23. The largest absolute Gasteiger partial charge is 0.337 e. The van der Waals surface area contributed by atoms with Crippen LogP contribution in [-0.2, 0) is 22.7 Å². The Morgan fingerprint density at radius 1 is 1.00 bits per heavy atom. The quantitative estimate of drug-likeness (QED) is 0.575. The number of aryl methyl sites for hydroxylation is 3. The number of anilines is 1. The van der Waals surface area contributed by atoms with Crippen LogP contribution in [0.25, 0.3) is 0 Å². The Morgan fingerprint density at radius 3 is 2.49 bits per heavy atom. The third-order valence-electron chi connectivity index (χ3n) is 8.23. The summed E-state index contributed by atoms with van der Waals surface area (Å²) in [6, 6.07) is 6.67. The number of para-hydroxylation sites is 1. The Balaban J connectivity index is 1.64. The van der Waals surface area contributed by atoms with Crippen molar-refractivity contribution in [3.63, 3.8) is 0 Å². The Kier molecular flexibility index (Phi) is 9.41. The van der Waals surface area contributed by atoms with E-state index in [9.17, 15) is 9.59 Å². The maximum atomic E-state index is 13.9. The number of hydrogen-bond donors (Lipinski definition) is 0. The van der Waals surface area contributed by atoms with E-state index in [1.54, 1.807) is 6.20 Å². The number of fused-ring (bicyclic) bond motifs is 1. The van der Waals surface area contributed by atoms with Crippen LogP contribution >= 0.6 is 0 Å². The van der Waals surface area contributed by atoms with Crippen LogP contribution in [0.1, 0.15) is 75.7 Å². The highest BCUT2D eigenvalue weighted by atomic mass is 16.2. The average molecular weight is 508 g/mol. The van der Waals surface area contributed by atoms with Gasteiger partial charge in [0.2, 0.25) is 11.8 Å². The molecule has 2 amide bonds. The Labute approximate surface area is 222 Å². The van der Waals surface area contributed by atoms with Crippen molar-refractivity contribution < 1.29 is 9.59 Å². The van der Waals surface area contributed by atoms with E-state index in [0.29, 0.717) is 32.1 Å². The third kappa shape index (κ3) is 6.81. The molecule has 37 heavy (non-hydrogen) atoms. The lowest BCUT2D eigenvalue weighted by molar-refractivity contribution is -0.132. The summed E-state index contributed by atoms with van der Waals surface area (Å²) in [5.41, 5.74) is 3.22. The van der Waals surface area contributed by atoms with Gasteiger partial charge in [0.05, 0.1) is 5.69 Å². The van der Waals surface area contributed by atoms with Crippen LogP contribution in [0.2, 0.25) is 0 Å². The van der Waals surface area contributed by atoms with E-state index in [0.717, 1.165) is 74.4 Å². The first-order valence-corrected chi connectivity index (χ1v) is 14.2. The van der Waals surface area contributed by atoms with Crippen LogP contribution in [0.4, 0.5) is 5.69 Å². The van der Waals surface area contributed by atoms with Gasteiger partial charge in [0.15, 0.2) is 0 Å². The van der Waals surface area contributed by atoms with Crippen molar-refractivity contribution in [1.29, 1.82) is 0 Å². The first kappa shape index (κ1) is 27.4. The monoisotopic (exact) mass is 507 g/mol. The van der Waals surface area contributed by atoms with E-state index >= 15 is 0 Å². The summed E-state index contributed by atoms with van der Waals surface area (Å²) < 4.78 is 2.04. The first-order chi connectivity index (χ1) is 17.8. The molecule has 1 saturated carbocycles. The number of imidazole rings is 1. The molecule has 0 spiro atoms. The molecule has 0 bridgehead atoms. The smallest absolute Gasteiger partial charge is 0.230 e. The van der Waals surface area contributed by atoms with Gasteiger partial charge < -0.3 is 14.4 Å². The lowest BCUT2D eigenvalue weighted by Gasteiger charge is -2.33. The molecular weight excluding hydrogens is 462 g/mol. The van der Waals surface area contributed by atoms with Gasteiger partial charge in [-0.3, -0.25) is 14.5 Å². The number of benzene rings is 1. The molecule has 0 unspecified atom stereocenters.